The minimum absolute atomic E-state index is 0.129. The molecule has 0 radical (unpaired) electrons. The highest BCUT2D eigenvalue weighted by Gasteiger charge is 2.44. The van der Waals surface area contributed by atoms with Crippen molar-refractivity contribution >= 4 is 17.0 Å². The molecule has 1 aliphatic carbocycles. The molecule has 0 aromatic carbocycles. The number of rotatable bonds is 3. The summed E-state index contributed by atoms with van der Waals surface area (Å²) in [5.74, 6) is 6.19. The third-order valence-corrected chi connectivity index (χ3v) is 6.14. The molecular weight excluding hydrogens is 402 g/mol. The van der Waals surface area contributed by atoms with Crippen LogP contribution >= 0.6 is 0 Å². The molecule has 0 spiro atoms. The summed E-state index contributed by atoms with van der Waals surface area (Å²) in [6, 6.07) is 0. The second kappa shape index (κ2) is 9.06. The van der Waals surface area contributed by atoms with Crippen molar-refractivity contribution in [3.8, 4) is 11.8 Å². The van der Waals surface area contributed by atoms with E-state index in [-0.39, 0.29) is 11.6 Å². The zero-order valence-electron chi connectivity index (χ0n) is 17.3. The molecule has 2 fully saturated rings. The van der Waals surface area contributed by atoms with E-state index in [1.54, 1.807) is 0 Å². The molecular formula is C21H29N5O5. The highest BCUT2D eigenvalue weighted by molar-refractivity contribution is 5.82. The van der Waals surface area contributed by atoms with E-state index in [1.165, 1.54) is 17.3 Å². The van der Waals surface area contributed by atoms with Crippen molar-refractivity contribution in [3.05, 3.63) is 12.2 Å². The first-order chi connectivity index (χ1) is 14.9. The monoisotopic (exact) mass is 431 g/mol. The van der Waals surface area contributed by atoms with E-state index < -0.39 is 36.7 Å². The molecule has 4 atom stereocenters. The van der Waals surface area contributed by atoms with Crippen molar-refractivity contribution in [1.29, 1.82) is 0 Å². The zero-order valence-corrected chi connectivity index (χ0v) is 17.3. The lowest BCUT2D eigenvalue weighted by Gasteiger charge is -2.28. The lowest BCUT2D eigenvalue weighted by Crippen LogP contribution is -2.33. The van der Waals surface area contributed by atoms with Gasteiger partial charge in [0.05, 0.1) is 18.5 Å². The second-order valence-electron chi connectivity index (χ2n) is 8.46. The van der Waals surface area contributed by atoms with Gasteiger partial charge in [-0.15, -0.1) is 0 Å². The number of nitrogen functional groups attached to an aromatic ring is 1. The topological polar surface area (TPSA) is 160 Å². The molecule has 2 unspecified atom stereocenters. The number of aliphatic hydroxyl groups is 4. The molecule has 3 heterocycles. The largest absolute Gasteiger partial charge is 0.394 e. The van der Waals surface area contributed by atoms with E-state index in [9.17, 15) is 20.4 Å². The van der Waals surface area contributed by atoms with Gasteiger partial charge in [-0.1, -0.05) is 38.0 Å². The standard InChI is InChI=1S/C21H29N5O5/c22-18-15-19(26(12-23-15)20-17(29)16(28)13(11-27)31-20)25-14(24-18)7-6-10-21(30)8-4-2-1-3-5-9-21/h12-13,16-17,20,27-30H,1-5,8-11H2,(H2,22,24,25)/t13-,16?,17?,20-/m1/s1. The number of hydrogen-bond acceptors (Lipinski definition) is 9. The number of fused-ring (bicyclic) bond motifs is 1. The van der Waals surface area contributed by atoms with Gasteiger partial charge in [-0.25, -0.2) is 15.0 Å². The van der Waals surface area contributed by atoms with Crippen LogP contribution in [0.3, 0.4) is 0 Å². The molecule has 1 saturated carbocycles. The Labute approximate surface area is 180 Å². The fourth-order valence-corrected chi connectivity index (χ4v) is 4.32. The number of anilines is 1. The molecule has 0 bridgehead atoms. The summed E-state index contributed by atoms with van der Waals surface area (Å²) < 4.78 is 7.01. The van der Waals surface area contributed by atoms with E-state index in [0.717, 1.165) is 38.5 Å². The van der Waals surface area contributed by atoms with Crippen LogP contribution in [0.2, 0.25) is 0 Å². The van der Waals surface area contributed by atoms with Crippen LogP contribution in [-0.2, 0) is 4.74 Å². The van der Waals surface area contributed by atoms with Crippen LogP contribution in [0.25, 0.3) is 11.2 Å². The molecule has 1 saturated heterocycles. The first-order valence-electron chi connectivity index (χ1n) is 10.8. The smallest absolute Gasteiger partial charge is 0.208 e. The van der Waals surface area contributed by atoms with Crippen LogP contribution in [0.4, 0.5) is 5.82 Å². The third-order valence-electron chi connectivity index (χ3n) is 6.14. The van der Waals surface area contributed by atoms with E-state index in [0.29, 0.717) is 17.6 Å². The molecule has 168 valence electrons. The number of imidazole rings is 1. The molecule has 2 aromatic heterocycles. The number of hydrogen-bond donors (Lipinski definition) is 5. The number of nitrogens with two attached hydrogens (primary N) is 1. The predicted octanol–water partition coefficient (Wildman–Crippen LogP) is 0.237. The van der Waals surface area contributed by atoms with Gasteiger partial charge in [0.15, 0.2) is 17.7 Å². The highest BCUT2D eigenvalue weighted by Crippen LogP contribution is 2.32. The fraction of sp³-hybridized carbons (Fsp3) is 0.667. The SMILES string of the molecule is Nc1nc(C#CCC2(O)CCCCCCC2)nc2c1ncn2[C@@H]1O[C@H](CO)C(O)C1O. The summed E-state index contributed by atoms with van der Waals surface area (Å²) in [7, 11) is 0. The molecule has 2 aromatic rings. The van der Waals surface area contributed by atoms with Gasteiger partial charge in [-0.3, -0.25) is 4.57 Å². The summed E-state index contributed by atoms with van der Waals surface area (Å²) in [6.45, 7) is -0.432. The van der Waals surface area contributed by atoms with E-state index >= 15 is 0 Å². The Morgan fingerprint density at radius 3 is 2.52 bits per heavy atom. The van der Waals surface area contributed by atoms with E-state index in [4.69, 9.17) is 10.5 Å². The Morgan fingerprint density at radius 1 is 1.13 bits per heavy atom. The van der Waals surface area contributed by atoms with Crippen molar-refractivity contribution in [2.45, 2.75) is 81.5 Å². The van der Waals surface area contributed by atoms with Crippen molar-refractivity contribution in [1.82, 2.24) is 19.5 Å². The highest BCUT2D eigenvalue weighted by atomic mass is 16.6. The van der Waals surface area contributed by atoms with Crippen LogP contribution in [-0.4, -0.2) is 70.5 Å². The molecule has 10 heteroatoms. The number of aromatic nitrogens is 4. The summed E-state index contributed by atoms with van der Waals surface area (Å²) in [4.78, 5) is 12.8. The number of aliphatic hydroxyl groups excluding tert-OH is 3. The van der Waals surface area contributed by atoms with Gasteiger partial charge in [-0.2, -0.15) is 0 Å². The maximum absolute atomic E-state index is 10.9. The van der Waals surface area contributed by atoms with Gasteiger partial charge in [0.1, 0.15) is 23.8 Å². The first-order valence-corrected chi connectivity index (χ1v) is 10.8. The van der Waals surface area contributed by atoms with Crippen molar-refractivity contribution < 1.29 is 25.2 Å². The van der Waals surface area contributed by atoms with Gasteiger partial charge in [0.25, 0.3) is 0 Å². The van der Waals surface area contributed by atoms with Gasteiger partial charge >= 0.3 is 0 Å². The summed E-state index contributed by atoms with van der Waals surface area (Å²) in [5.41, 5.74) is 5.86. The molecule has 2 aliphatic rings. The van der Waals surface area contributed by atoms with Gasteiger partial charge < -0.3 is 30.9 Å². The maximum Gasteiger partial charge on any atom is 0.208 e. The Bertz CT molecular complexity index is 976. The summed E-state index contributed by atoms with van der Waals surface area (Å²) in [5, 5.41) is 40.5. The number of nitrogens with zero attached hydrogens (tertiary/aromatic N) is 4. The number of ether oxygens (including phenoxy) is 1. The molecule has 31 heavy (non-hydrogen) atoms. The van der Waals surface area contributed by atoms with Crippen molar-refractivity contribution in [2.24, 2.45) is 0 Å². The molecule has 6 N–H and O–H groups in total. The average molecular weight is 431 g/mol. The minimum atomic E-state index is -1.27. The second-order valence-corrected chi connectivity index (χ2v) is 8.46. The Hall–Kier alpha value is -2.29. The first kappa shape index (κ1) is 21.9. The normalized spacial score (nSPS) is 28.6. The molecule has 10 nitrogen and oxygen atoms in total. The lowest BCUT2D eigenvalue weighted by molar-refractivity contribution is -0.0511. The molecule has 4 rings (SSSR count). The van der Waals surface area contributed by atoms with Gasteiger partial charge in [0, 0.05) is 6.42 Å². The van der Waals surface area contributed by atoms with Crippen LogP contribution < -0.4 is 5.73 Å². The molecule has 1 aliphatic heterocycles. The summed E-state index contributed by atoms with van der Waals surface area (Å²) >= 11 is 0. The Morgan fingerprint density at radius 2 is 1.84 bits per heavy atom. The van der Waals surface area contributed by atoms with Crippen LogP contribution in [0.5, 0.6) is 0 Å². The van der Waals surface area contributed by atoms with Crippen molar-refractivity contribution in [3.63, 3.8) is 0 Å². The average Bonchev–Trinajstić information content (AvgIpc) is 3.27. The fourth-order valence-electron chi connectivity index (χ4n) is 4.32. The van der Waals surface area contributed by atoms with E-state index in [2.05, 4.69) is 26.8 Å². The van der Waals surface area contributed by atoms with Gasteiger partial charge in [-0.05, 0) is 18.8 Å². The van der Waals surface area contributed by atoms with Crippen molar-refractivity contribution in [2.75, 3.05) is 12.3 Å². The van der Waals surface area contributed by atoms with Gasteiger partial charge in [0.2, 0.25) is 5.82 Å². The Balaban J connectivity index is 1.58. The Kier molecular flexibility index (Phi) is 6.41. The summed E-state index contributed by atoms with van der Waals surface area (Å²) in [6.07, 6.45) is 4.28. The lowest BCUT2D eigenvalue weighted by atomic mass is 9.85. The zero-order chi connectivity index (χ0) is 22.0. The van der Waals surface area contributed by atoms with Crippen LogP contribution in [0.1, 0.15) is 63.4 Å². The third kappa shape index (κ3) is 4.51. The predicted molar refractivity (Wildman–Crippen MR) is 112 cm³/mol. The maximum atomic E-state index is 10.9. The molecule has 0 amide bonds. The quantitative estimate of drug-likeness (QED) is 0.429. The van der Waals surface area contributed by atoms with Crippen LogP contribution in [0.15, 0.2) is 6.33 Å². The van der Waals surface area contributed by atoms with Crippen LogP contribution in [0, 0.1) is 11.8 Å². The minimum Gasteiger partial charge on any atom is -0.394 e. The van der Waals surface area contributed by atoms with E-state index in [1.807, 2.05) is 0 Å².